The van der Waals surface area contributed by atoms with Gasteiger partial charge in [-0.15, -0.1) is 0 Å². The van der Waals surface area contributed by atoms with Crippen LogP contribution in [0.1, 0.15) is 64.5 Å². The second-order valence-corrected chi connectivity index (χ2v) is 7.50. The van der Waals surface area contributed by atoms with Gasteiger partial charge in [-0.05, 0) is 26.3 Å². The highest BCUT2D eigenvalue weighted by atomic mass is 16.5. The Morgan fingerprint density at radius 2 is 1.96 bits per heavy atom. The van der Waals surface area contributed by atoms with Crippen molar-refractivity contribution in [2.45, 2.75) is 64.5 Å². The first-order valence-electron chi connectivity index (χ1n) is 9.88. The summed E-state index contributed by atoms with van der Waals surface area (Å²) in [4.78, 5) is 38.5. The number of benzene rings is 1. The summed E-state index contributed by atoms with van der Waals surface area (Å²) in [7, 11) is 1.57. The lowest BCUT2D eigenvalue weighted by Crippen LogP contribution is -2.45. The largest absolute Gasteiger partial charge is 0.496 e. The first-order chi connectivity index (χ1) is 13.3. The van der Waals surface area contributed by atoms with Crippen molar-refractivity contribution < 1.29 is 19.1 Å². The molecule has 1 aliphatic heterocycles. The number of nitrogens with one attached hydrogen (secondary N) is 2. The van der Waals surface area contributed by atoms with Crippen molar-refractivity contribution in [2.24, 2.45) is 0 Å². The van der Waals surface area contributed by atoms with Crippen LogP contribution in [0.2, 0.25) is 0 Å². The van der Waals surface area contributed by atoms with E-state index in [2.05, 4.69) is 17.6 Å². The van der Waals surface area contributed by atoms with Crippen LogP contribution in [0.5, 0.6) is 5.75 Å². The Balaban J connectivity index is 1.96. The van der Waals surface area contributed by atoms with Crippen molar-refractivity contribution >= 4 is 17.8 Å². The molecule has 7 nitrogen and oxygen atoms in total. The molecule has 0 spiro atoms. The standard InChI is InChI=1S/C21H31N3O4/c1-5-6-7-10-13-21(3)19(26)24(20(27)23-21)14-18(25)22-15(2)16-11-8-9-12-17(16)28-4/h8-9,11-12,15H,5-7,10,13-14H2,1-4H3,(H,22,25)(H,23,27). The number of hydrogen-bond donors (Lipinski definition) is 2. The second-order valence-electron chi connectivity index (χ2n) is 7.50. The molecular weight excluding hydrogens is 358 g/mol. The number of rotatable bonds is 10. The van der Waals surface area contributed by atoms with Gasteiger partial charge < -0.3 is 15.4 Å². The van der Waals surface area contributed by atoms with Crippen LogP contribution in [-0.4, -0.2) is 41.9 Å². The number of para-hydroxylation sites is 1. The Hall–Kier alpha value is -2.57. The van der Waals surface area contributed by atoms with E-state index in [1.165, 1.54) is 0 Å². The smallest absolute Gasteiger partial charge is 0.325 e. The van der Waals surface area contributed by atoms with Gasteiger partial charge in [0.25, 0.3) is 5.91 Å². The normalized spacial score (nSPS) is 20.1. The zero-order chi connectivity index (χ0) is 20.7. The average molecular weight is 389 g/mol. The third kappa shape index (κ3) is 5.03. The minimum Gasteiger partial charge on any atom is -0.496 e. The molecule has 2 rings (SSSR count). The summed E-state index contributed by atoms with van der Waals surface area (Å²) in [5.41, 5.74) is -0.101. The first-order valence-corrected chi connectivity index (χ1v) is 9.88. The molecule has 1 fully saturated rings. The molecule has 0 bridgehead atoms. The van der Waals surface area contributed by atoms with E-state index in [9.17, 15) is 14.4 Å². The number of methoxy groups -OCH3 is 1. The van der Waals surface area contributed by atoms with E-state index >= 15 is 0 Å². The lowest BCUT2D eigenvalue weighted by Gasteiger charge is -2.22. The summed E-state index contributed by atoms with van der Waals surface area (Å²) < 4.78 is 5.32. The highest BCUT2D eigenvalue weighted by Crippen LogP contribution is 2.26. The lowest BCUT2D eigenvalue weighted by molar-refractivity contribution is -0.135. The van der Waals surface area contributed by atoms with Crippen LogP contribution in [0.3, 0.4) is 0 Å². The minimum atomic E-state index is -0.931. The number of hydrogen-bond acceptors (Lipinski definition) is 4. The third-order valence-corrected chi connectivity index (χ3v) is 5.16. The first kappa shape index (κ1) is 21.7. The van der Waals surface area contributed by atoms with Crippen molar-refractivity contribution in [1.82, 2.24) is 15.5 Å². The zero-order valence-electron chi connectivity index (χ0n) is 17.2. The highest BCUT2D eigenvalue weighted by Gasteiger charge is 2.47. The van der Waals surface area contributed by atoms with Gasteiger partial charge in [-0.3, -0.25) is 14.5 Å². The Labute approximate surface area is 166 Å². The number of carbonyl (C=O) groups excluding carboxylic acids is 3. The molecule has 1 aliphatic rings. The number of amides is 4. The van der Waals surface area contributed by atoms with Gasteiger partial charge in [-0.2, -0.15) is 0 Å². The molecule has 1 heterocycles. The molecule has 4 amide bonds. The van der Waals surface area contributed by atoms with Crippen molar-refractivity contribution in [3.63, 3.8) is 0 Å². The topological polar surface area (TPSA) is 87.7 Å². The maximum Gasteiger partial charge on any atom is 0.325 e. The van der Waals surface area contributed by atoms with Crippen LogP contribution < -0.4 is 15.4 Å². The fourth-order valence-electron chi connectivity index (χ4n) is 3.50. The molecule has 0 radical (unpaired) electrons. The van der Waals surface area contributed by atoms with Crippen molar-refractivity contribution in [1.29, 1.82) is 0 Å². The second kappa shape index (κ2) is 9.57. The van der Waals surface area contributed by atoms with Gasteiger partial charge in [0.2, 0.25) is 5.91 Å². The Morgan fingerprint density at radius 3 is 2.64 bits per heavy atom. The predicted octanol–water partition coefficient (Wildman–Crippen LogP) is 3.15. The Bertz CT molecular complexity index is 721. The van der Waals surface area contributed by atoms with Gasteiger partial charge in [0, 0.05) is 5.56 Å². The minimum absolute atomic E-state index is 0.297. The number of carbonyl (C=O) groups is 3. The molecule has 0 aliphatic carbocycles. The number of unbranched alkanes of at least 4 members (excludes halogenated alkanes) is 3. The van der Waals surface area contributed by atoms with Gasteiger partial charge in [-0.25, -0.2) is 4.79 Å². The zero-order valence-corrected chi connectivity index (χ0v) is 17.2. The number of urea groups is 1. The number of ether oxygens (including phenoxy) is 1. The van der Waals surface area contributed by atoms with E-state index in [0.29, 0.717) is 12.2 Å². The predicted molar refractivity (Wildman–Crippen MR) is 107 cm³/mol. The van der Waals surface area contributed by atoms with Gasteiger partial charge >= 0.3 is 6.03 Å². The van der Waals surface area contributed by atoms with E-state index in [-0.39, 0.29) is 18.5 Å². The van der Waals surface area contributed by atoms with Gasteiger partial charge in [0.05, 0.1) is 13.2 Å². The molecule has 1 aromatic rings. The molecule has 28 heavy (non-hydrogen) atoms. The van der Waals surface area contributed by atoms with E-state index in [4.69, 9.17) is 4.74 Å². The van der Waals surface area contributed by atoms with Crippen LogP contribution in [-0.2, 0) is 9.59 Å². The summed E-state index contributed by atoms with van der Waals surface area (Å²) in [6.45, 7) is 5.39. The molecule has 0 aromatic heterocycles. The molecule has 1 saturated heterocycles. The Morgan fingerprint density at radius 1 is 1.25 bits per heavy atom. The molecule has 0 saturated carbocycles. The Kier molecular flexibility index (Phi) is 7.43. The van der Waals surface area contributed by atoms with Crippen molar-refractivity contribution in [2.75, 3.05) is 13.7 Å². The van der Waals surface area contributed by atoms with Crippen molar-refractivity contribution in [3.05, 3.63) is 29.8 Å². The summed E-state index contributed by atoms with van der Waals surface area (Å²) in [6, 6.07) is 6.57. The molecule has 154 valence electrons. The summed E-state index contributed by atoms with van der Waals surface area (Å²) in [6.07, 6.45) is 4.67. The number of nitrogens with zero attached hydrogens (tertiary/aromatic N) is 1. The monoisotopic (exact) mass is 389 g/mol. The van der Waals surface area contributed by atoms with Gasteiger partial charge in [0.1, 0.15) is 17.8 Å². The molecule has 2 atom stereocenters. The summed E-state index contributed by atoms with van der Waals surface area (Å²) >= 11 is 0. The van der Waals surface area contributed by atoms with Crippen molar-refractivity contribution in [3.8, 4) is 5.75 Å². The number of imide groups is 1. The van der Waals surface area contributed by atoms with Gasteiger partial charge in [0.15, 0.2) is 0 Å². The summed E-state index contributed by atoms with van der Waals surface area (Å²) in [5.74, 6) is -0.0591. The molecular formula is C21H31N3O4. The highest BCUT2D eigenvalue weighted by molar-refractivity contribution is 6.08. The molecule has 1 aromatic carbocycles. The SMILES string of the molecule is CCCCCCC1(C)NC(=O)N(CC(=O)NC(C)c2ccccc2OC)C1=O. The lowest BCUT2D eigenvalue weighted by atomic mass is 9.94. The van der Waals surface area contributed by atoms with Crippen LogP contribution >= 0.6 is 0 Å². The van der Waals surface area contributed by atoms with E-state index in [1.807, 2.05) is 31.2 Å². The fourth-order valence-corrected chi connectivity index (χ4v) is 3.50. The van der Waals surface area contributed by atoms with Crippen LogP contribution in [0, 0.1) is 0 Å². The van der Waals surface area contributed by atoms with Crippen LogP contribution in [0.15, 0.2) is 24.3 Å². The van der Waals surface area contributed by atoms with E-state index < -0.39 is 17.5 Å². The van der Waals surface area contributed by atoms with Gasteiger partial charge in [-0.1, -0.05) is 50.8 Å². The maximum absolute atomic E-state index is 12.7. The summed E-state index contributed by atoms with van der Waals surface area (Å²) in [5, 5.41) is 5.59. The quantitative estimate of drug-likeness (QED) is 0.475. The third-order valence-electron chi connectivity index (χ3n) is 5.16. The van der Waals surface area contributed by atoms with E-state index in [1.54, 1.807) is 14.0 Å². The van der Waals surface area contributed by atoms with Crippen LogP contribution in [0.4, 0.5) is 4.79 Å². The van der Waals surface area contributed by atoms with Crippen LogP contribution in [0.25, 0.3) is 0 Å². The molecule has 7 heteroatoms. The molecule has 2 unspecified atom stereocenters. The molecule has 2 N–H and O–H groups in total. The maximum atomic E-state index is 12.7. The van der Waals surface area contributed by atoms with E-state index in [0.717, 1.165) is 36.1 Å². The fraction of sp³-hybridized carbons (Fsp3) is 0.571. The average Bonchev–Trinajstić information content (AvgIpc) is 2.88.